The van der Waals surface area contributed by atoms with Crippen molar-refractivity contribution < 1.29 is 33.3 Å². The number of cyclic esters (lactones) is 2. The first-order valence-corrected chi connectivity index (χ1v) is 7.29. The zero-order chi connectivity index (χ0) is 17.5. The maximum absolute atomic E-state index is 11.6. The fourth-order valence-electron chi connectivity index (χ4n) is 2.15. The molecule has 2 aliphatic heterocycles. The number of carbonyl (C=O) groups is 2. The minimum absolute atomic E-state index is 0.0295. The summed E-state index contributed by atoms with van der Waals surface area (Å²) in [5.74, 6) is -2.40. The molecule has 0 spiro atoms. The normalized spacial score (nSPS) is 22.9. The van der Waals surface area contributed by atoms with Crippen LogP contribution >= 0.6 is 0 Å². The van der Waals surface area contributed by atoms with Crippen LogP contribution in [-0.4, -0.2) is 35.7 Å². The van der Waals surface area contributed by atoms with Crippen LogP contribution in [0, 0.1) is 0 Å². The monoisotopic (exact) mass is 326 g/mol. The van der Waals surface area contributed by atoms with Crippen LogP contribution in [0.1, 0.15) is 41.5 Å². The SMILES string of the molecule is CC1(C)OC(=O)C=C(COC(C)(C)C2=CC(=O)OC(C)(C)O2)O1. The summed E-state index contributed by atoms with van der Waals surface area (Å²) in [5.41, 5.74) is -0.910. The molecule has 23 heavy (non-hydrogen) atoms. The maximum atomic E-state index is 11.6. The number of carbonyl (C=O) groups excluding carboxylic acids is 2. The zero-order valence-electron chi connectivity index (χ0n) is 14.2. The van der Waals surface area contributed by atoms with Crippen molar-refractivity contribution in [3.63, 3.8) is 0 Å². The summed E-state index contributed by atoms with van der Waals surface area (Å²) in [6.45, 7) is 10.1. The van der Waals surface area contributed by atoms with E-state index in [1.165, 1.54) is 12.2 Å². The van der Waals surface area contributed by atoms with E-state index in [2.05, 4.69) is 0 Å². The molecular weight excluding hydrogens is 304 g/mol. The van der Waals surface area contributed by atoms with Crippen molar-refractivity contribution in [1.82, 2.24) is 0 Å². The summed E-state index contributed by atoms with van der Waals surface area (Å²) in [5, 5.41) is 0. The number of hydrogen-bond donors (Lipinski definition) is 0. The third-order valence-corrected chi connectivity index (χ3v) is 3.12. The second kappa shape index (κ2) is 5.56. The molecule has 0 aromatic rings. The molecule has 0 unspecified atom stereocenters. The van der Waals surface area contributed by atoms with E-state index in [1.807, 2.05) is 0 Å². The van der Waals surface area contributed by atoms with Gasteiger partial charge in [-0.3, -0.25) is 0 Å². The van der Waals surface area contributed by atoms with Gasteiger partial charge >= 0.3 is 11.9 Å². The van der Waals surface area contributed by atoms with Crippen molar-refractivity contribution in [3.8, 4) is 0 Å². The number of ether oxygens (including phenoxy) is 5. The predicted octanol–water partition coefficient (Wildman–Crippen LogP) is 2.17. The largest absolute Gasteiger partial charge is 0.454 e. The van der Waals surface area contributed by atoms with Crippen LogP contribution in [0.25, 0.3) is 0 Å². The lowest BCUT2D eigenvalue weighted by atomic mass is 10.1. The average Bonchev–Trinajstić information content (AvgIpc) is 2.31. The van der Waals surface area contributed by atoms with Gasteiger partial charge in [-0.05, 0) is 13.8 Å². The average molecular weight is 326 g/mol. The van der Waals surface area contributed by atoms with Gasteiger partial charge in [0.25, 0.3) is 0 Å². The fraction of sp³-hybridized carbons (Fsp3) is 0.625. The Kier molecular flexibility index (Phi) is 4.19. The Bertz CT molecular complexity index is 581. The van der Waals surface area contributed by atoms with Crippen LogP contribution in [0.3, 0.4) is 0 Å². The Morgan fingerprint density at radius 2 is 1.43 bits per heavy atom. The van der Waals surface area contributed by atoms with E-state index >= 15 is 0 Å². The molecule has 0 aromatic heterocycles. The molecule has 0 aliphatic carbocycles. The molecule has 2 aliphatic rings. The summed E-state index contributed by atoms with van der Waals surface area (Å²) < 4.78 is 27.0. The first-order chi connectivity index (χ1) is 10.4. The van der Waals surface area contributed by atoms with Gasteiger partial charge in [-0.15, -0.1) is 0 Å². The first-order valence-electron chi connectivity index (χ1n) is 7.29. The molecule has 128 valence electrons. The second-order valence-corrected chi connectivity index (χ2v) is 6.76. The standard InChI is InChI=1S/C16H22O7/c1-14(2,11-8-13(18)23-16(5,6)21-11)19-9-10-7-12(17)22-15(3,4)20-10/h7-8H,9H2,1-6H3. The van der Waals surface area contributed by atoms with E-state index in [-0.39, 0.29) is 6.61 Å². The molecule has 0 bridgehead atoms. The van der Waals surface area contributed by atoms with E-state index in [0.29, 0.717) is 11.5 Å². The van der Waals surface area contributed by atoms with Crippen LogP contribution < -0.4 is 0 Å². The highest BCUT2D eigenvalue weighted by molar-refractivity contribution is 5.84. The van der Waals surface area contributed by atoms with Crippen molar-refractivity contribution >= 4 is 11.9 Å². The van der Waals surface area contributed by atoms with Crippen molar-refractivity contribution in [2.75, 3.05) is 6.61 Å². The van der Waals surface area contributed by atoms with Gasteiger partial charge in [0.1, 0.15) is 23.7 Å². The van der Waals surface area contributed by atoms with Gasteiger partial charge in [0.05, 0.1) is 12.2 Å². The van der Waals surface area contributed by atoms with E-state index in [0.717, 1.165) is 0 Å². The Morgan fingerprint density at radius 3 is 1.96 bits per heavy atom. The van der Waals surface area contributed by atoms with Crippen LogP contribution in [0.2, 0.25) is 0 Å². The summed E-state index contributed by atoms with van der Waals surface area (Å²) in [4.78, 5) is 23.2. The molecule has 0 N–H and O–H groups in total. The third kappa shape index (κ3) is 4.48. The summed E-state index contributed by atoms with van der Waals surface area (Å²) >= 11 is 0. The Labute approximate surface area is 135 Å². The minimum atomic E-state index is -1.06. The quantitative estimate of drug-likeness (QED) is 0.732. The van der Waals surface area contributed by atoms with Gasteiger partial charge < -0.3 is 23.7 Å². The predicted molar refractivity (Wildman–Crippen MR) is 78.7 cm³/mol. The van der Waals surface area contributed by atoms with Gasteiger partial charge in [0.15, 0.2) is 0 Å². The molecule has 0 radical (unpaired) electrons. The van der Waals surface area contributed by atoms with E-state index < -0.39 is 29.1 Å². The molecular formula is C16H22O7. The molecule has 2 rings (SSSR count). The van der Waals surface area contributed by atoms with Crippen molar-refractivity contribution in [3.05, 3.63) is 23.7 Å². The van der Waals surface area contributed by atoms with E-state index in [4.69, 9.17) is 23.7 Å². The van der Waals surface area contributed by atoms with Gasteiger partial charge in [0, 0.05) is 27.7 Å². The Morgan fingerprint density at radius 1 is 0.913 bits per heavy atom. The van der Waals surface area contributed by atoms with Crippen LogP contribution in [-0.2, 0) is 33.3 Å². The summed E-state index contributed by atoms with van der Waals surface area (Å²) in [6, 6.07) is 0. The fourth-order valence-corrected chi connectivity index (χ4v) is 2.15. The summed E-state index contributed by atoms with van der Waals surface area (Å²) in [6.07, 6.45) is 2.48. The van der Waals surface area contributed by atoms with Crippen molar-refractivity contribution in [1.29, 1.82) is 0 Å². The van der Waals surface area contributed by atoms with Gasteiger partial charge in [-0.25, -0.2) is 9.59 Å². The molecule has 7 nitrogen and oxygen atoms in total. The molecule has 0 atom stereocenters. The van der Waals surface area contributed by atoms with Crippen LogP contribution in [0.4, 0.5) is 0 Å². The third-order valence-electron chi connectivity index (χ3n) is 3.12. The molecule has 0 aromatic carbocycles. The van der Waals surface area contributed by atoms with E-state index in [9.17, 15) is 9.59 Å². The number of rotatable bonds is 4. The van der Waals surface area contributed by atoms with Gasteiger partial charge in [-0.2, -0.15) is 0 Å². The highest BCUT2D eigenvalue weighted by Crippen LogP contribution is 2.32. The molecule has 0 amide bonds. The van der Waals surface area contributed by atoms with Crippen LogP contribution in [0.15, 0.2) is 23.7 Å². The number of esters is 2. The van der Waals surface area contributed by atoms with Gasteiger partial charge in [-0.1, -0.05) is 0 Å². The first kappa shape index (κ1) is 17.3. The lowest BCUT2D eigenvalue weighted by Gasteiger charge is -2.37. The van der Waals surface area contributed by atoms with Crippen molar-refractivity contribution in [2.45, 2.75) is 58.7 Å². The molecule has 0 saturated carbocycles. The minimum Gasteiger partial charge on any atom is -0.454 e. The highest BCUT2D eigenvalue weighted by Gasteiger charge is 2.38. The lowest BCUT2D eigenvalue weighted by molar-refractivity contribution is -0.220. The lowest BCUT2D eigenvalue weighted by Crippen LogP contribution is -2.42. The number of hydrogen-bond acceptors (Lipinski definition) is 7. The maximum Gasteiger partial charge on any atom is 0.337 e. The zero-order valence-corrected chi connectivity index (χ0v) is 14.2. The smallest absolute Gasteiger partial charge is 0.337 e. The molecule has 2 heterocycles. The topological polar surface area (TPSA) is 80.3 Å². The van der Waals surface area contributed by atoms with E-state index in [1.54, 1.807) is 41.5 Å². The second-order valence-electron chi connectivity index (χ2n) is 6.76. The van der Waals surface area contributed by atoms with Crippen LogP contribution in [0.5, 0.6) is 0 Å². The highest BCUT2D eigenvalue weighted by atomic mass is 16.7. The Hall–Kier alpha value is -2.02. The van der Waals surface area contributed by atoms with Gasteiger partial charge in [0.2, 0.25) is 11.6 Å². The molecule has 0 saturated heterocycles. The van der Waals surface area contributed by atoms with Crippen molar-refractivity contribution in [2.24, 2.45) is 0 Å². The molecule has 7 heteroatoms. The summed E-state index contributed by atoms with van der Waals surface area (Å²) in [7, 11) is 0. The molecule has 0 fully saturated rings. The Balaban J connectivity index is 2.07.